The number of ether oxygens (including phenoxy) is 8. The largest absolute Gasteiger partial charge is 0.381 e. The Hall–Kier alpha value is -0.320. The average molecular weight is 553 g/mol. The third-order valence-electron chi connectivity index (χ3n) is 9.89. The van der Waals surface area contributed by atoms with Crippen LogP contribution in [0, 0.1) is 29.1 Å². The van der Waals surface area contributed by atoms with Gasteiger partial charge < -0.3 is 37.9 Å². The van der Waals surface area contributed by atoms with Gasteiger partial charge in [-0.25, -0.2) is 0 Å². The lowest BCUT2D eigenvalue weighted by Gasteiger charge is -2.35. The minimum atomic E-state index is -0.323. The zero-order valence-corrected chi connectivity index (χ0v) is 24.1. The molecular weight excluding hydrogens is 500 g/mol. The second-order valence-electron chi connectivity index (χ2n) is 13.6. The molecule has 4 heterocycles. The standard InChI is InChI=1S/C31H52O8/c1-22-10-25(7-9-37-22)15-35-20-31(21-36-17-26-6-8-32-16-26,18-33-13-23-2-4-27-29(11-23)38-27)19-34-14-24-3-5-28-30(12-24)39-28/h22-30H,2-21H2,1H3. The van der Waals surface area contributed by atoms with Crippen molar-refractivity contribution in [3.8, 4) is 0 Å². The Morgan fingerprint density at radius 2 is 1.08 bits per heavy atom. The van der Waals surface area contributed by atoms with E-state index in [0.29, 0.717) is 80.6 Å². The third-order valence-corrected chi connectivity index (χ3v) is 9.89. The summed E-state index contributed by atoms with van der Waals surface area (Å²) in [6, 6.07) is 0. The van der Waals surface area contributed by atoms with Gasteiger partial charge >= 0.3 is 0 Å². The normalized spacial score (nSPS) is 41.0. The van der Waals surface area contributed by atoms with Gasteiger partial charge in [-0.15, -0.1) is 0 Å². The van der Waals surface area contributed by atoms with Crippen LogP contribution < -0.4 is 0 Å². The lowest BCUT2D eigenvalue weighted by molar-refractivity contribution is -0.124. The summed E-state index contributed by atoms with van der Waals surface area (Å²) in [5.74, 6) is 2.20. The highest BCUT2D eigenvalue weighted by Crippen LogP contribution is 2.40. The molecule has 0 radical (unpaired) electrons. The molecular formula is C31H52O8. The van der Waals surface area contributed by atoms with E-state index >= 15 is 0 Å². The van der Waals surface area contributed by atoms with E-state index in [1.54, 1.807) is 0 Å². The lowest BCUT2D eigenvalue weighted by Crippen LogP contribution is -2.43. The van der Waals surface area contributed by atoms with Crippen molar-refractivity contribution in [2.24, 2.45) is 29.1 Å². The summed E-state index contributed by atoms with van der Waals surface area (Å²) >= 11 is 0. The van der Waals surface area contributed by atoms with Crippen LogP contribution in [-0.4, -0.2) is 103 Å². The minimum Gasteiger partial charge on any atom is -0.381 e. The van der Waals surface area contributed by atoms with Gasteiger partial charge in [0, 0.05) is 39.0 Å². The van der Waals surface area contributed by atoms with Gasteiger partial charge in [0.25, 0.3) is 0 Å². The summed E-state index contributed by atoms with van der Waals surface area (Å²) in [5, 5.41) is 0. The van der Waals surface area contributed by atoms with Crippen molar-refractivity contribution in [1.29, 1.82) is 0 Å². The van der Waals surface area contributed by atoms with Gasteiger partial charge in [0.05, 0.1) is 75.6 Å². The lowest BCUT2D eigenvalue weighted by atomic mass is 9.89. The van der Waals surface area contributed by atoms with E-state index in [9.17, 15) is 0 Å². The zero-order chi connectivity index (χ0) is 26.5. The molecule has 224 valence electrons. The van der Waals surface area contributed by atoms with Crippen LogP contribution in [0.4, 0.5) is 0 Å². The molecule has 9 atom stereocenters. The van der Waals surface area contributed by atoms with Gasteiger partial charge in [-0.05, 0) is 82.5 Å². The molecule has 0 aromatic carbocycles. The molecule has 9 unspecified atom stereocenters. The fourth-order valence-corrected chi connectivity index (χ4v) is 7.25. The van der Waals surface area contributed by atoms with Crippen molar-refractivity contribution in [2.45, 2.75) is 95.2 Å². The topological polar surface area (TPSA) is 80.4 Å². The van der Waals surface area contributed by atoms with Gasteiger partial charge in [0.15, 0.2) is 0 Å². The number of hydrogen-bond acceptors (Lipinski definition) is 8. The van der Waals surface area contributed by atoms with Gasteiger partial charge in [-0.2, -0.15) is 0 Å². The van der Waals surface area contributed by atoms with E-state index in [0.717, 1.165) is 78.4 Å². The van der Waals surface area contributed by atoms with Gasteiger partial charge in [-0.3, -0.25) is 0 Å². The molecule has 4 aliphatic heterocycles. The van der Waals surface area contributed by atoms with E-state index in [4.69, 9.17) is 37.9 Å². The van der Waals surface area contributed by atoms with Crippen LogP contribution in [-0.2, 0) is 37.9 Å². The van der Waals surface area contributed by atoms with Gasteiger partial charge in [0.1, 0.15) is 0 Å². The molecule has 0 aromatic rings. The van der Waals surface area contributed by atoms with Crippen molar-refractivity contribution in [2.75, 3.05) is 72.7 Å². The second kappa shape index (κ2) is 13.8. The van der Waals surface area contributed by atoms with Crippen LogP contribution in [0.25, 0.3) is 0 Å². The summed E-state index contributed by atoms with van der Waals surface area (Å²) in [6.45, 7) is 10.1. The van der Waals surface area contributed by atoms with Crippen molar-refractivity contribution >= 4 is 0 Å². The molecule has 0 amide bonds. The molecule has 0 aromatic heterocycles. The van der Waals surface area contributed by atoms with E-state index < -0.39 is 0 Å². The average Bonchev–Trinajstić information content (AvgIpc) is 3.83. The summed E-state index contributed by atoms with van der Waals surface area (Å²) in [5.41, 5.74) is -0.323. The highest BCUT2D eigenvalue weighted by molar-refractivity contribution is 4.93. The summed E-state index contributed by atoms with van der Waals surface area (Å²) in [6.07, 6.45) is 12.6. The first-order valence-electron chi connectivity index (χ1n) is 16.0. The molecule has 8 heteroatoms. The van der Waals surface area contributed by atoms with Crippen LogP contribution in [0.15, 0.2) is 0 Å². The summed E-state index contributed by atoms with van der Waals surface area (Å²) < 4.78 is 48.7. The van der Waals surface area contributed by atoms with Crippen molar-refractivity contribution < 1.29 is 37.9 Å². The number of hydrogen-bond donors (Lipinski definition) is 0. The SMILES string of the molecule is CC1CC(COCC(COCC2CCOC2)(COCC2CCC3OC3C2)COCC2CCC3OC3C2)CCO1. The zero-order valence-electron chi connectivity index (χ0n) is 24.1. The first kappa shape index (κ1) is 28.8. The quantitative estimate of drug-likeness (QED) is 0.266. The molecule has 8 nitrogen and oxygen atoms in total. The highest BCUT2D eigenvalue weighted by atomic mass is 16.6. The maximum Gasteiger partial charge on any atom is 0.0845 e. The van der Waals surface area contributed by atoms with Crippen LogP contribution in [0.3, 0.4) is 0 Å². The van der Waals surface area contributed by atoms with Crippen LogP contribution >= 0.6 is 0 Å². The van der Waals surface area contributed by atoms with Crippen LogP contribution in [0.2, 0.25) is 0 Å². The molecule has 0 spiro atoms. The Morgan fingerprint density at radius 3 is 1.56 bits per heavy atom. The monoisotopic (exact) mass is 552 g/mol. The van der Waals surface area contributed by atoms with Crippen LogP contribution in [0.1, 0.15) is 64.7 Å². The predicted molar refractivity (Wildman–Crippen MR) is 145 cm³/mol. The van der Waals surface area contributed by atoms with E-state index in [-0.39, 0.29) is 5.41 Å². The fraction of sp³-hybridized carbons (Fsp3) is 1.00. The molecule has 6 aliphatic rings. The fourth-order valence-electron chi connectivity index (χ4n) is 7.25. The molecule has 6 rings (SSSR count). The number of epoxide rings is 2. The second-order valence-corrected chi connectivity index (χ2v) is 13.6. The Bertz CT molecular complexity index is 691. The van der Waals surface area contributed by atoms with Crippen molar-refractivity contribution in [1.82, 2.24) is 0 Å². The minimum absolute atomic E-state index is 0.316. The Labute approximate surface area is 235 Å². The molecule has 6 fully saturated rings. The Morgan fingerprint density at radius 1 is 0.564 bits per heavy atom. The van der Waals surface area contributed by atoms with E-state index in [1.165, 1.54) is 25.7 Å². The third kappa shape index (κ3) is 8.60. The Balaban J connectivity index is 1.04. The highest BCUT2D eigenvalue weighted by Gasteiger charge is 2.45. The Kier molecular flexibility index (Phi) is 10.2. The molecule has 2 saturated carbocycles. The van der Waals surface area contributed by atoms with Crippen LogP contribution in [0.5, 0.6) is 0 Å². The number of fused-ring (bicyclic) bond motifs is 2. The predicted octanol–water partition coefficient (Wildman–Crippen LogP) is 4.03. The molecule has 0 N–H and O–H groups in total. The maximum absolute atomic E-state index is 6.49. The van der Waals surface area contributed by atoms with E-state index in [1.807, 2.05) is 0 Å². The molecule has 0 bridgehead atoms. The van der Waals surface area contributed by atoms with E-state index in [2.05, 4.69) is 6.92 Å². The first-order chi connectivity index (χ1) is 19.1. The smallest absolute Gasteiger partial charge is 0.0845 e. The van der Waals surface area contributed by atoms with Crippen molar-refractivity contribution in [3.63, 3.8) is 0 Å². The summed E-state index contributed by atoms with van der Waals surface area (Å²) in [7, 11) is 0. The maximum atomic E-state index is 6.49. The molecule has 39 heavy (non-hydrogen) atoms. The first-order valence-corrected chi connectivity index (χ1v) is 16.0. The van der Waals surface area contributed by atoms with Gasteiger partial charge in [-0.1, -0.05) is 0 Å². The number of rotatable bonds is 16. The van der Waals surface area contributed by atoms with Gasteiger partial charge in [0.2, 0.25) is 0 Å². The van der Waals surface area contributed by atoms with Crippen molar-refractivity contribution in [3.05, 3.63) is 0 Å². The summed E-state index contributed by atoms with van der Waals surface area (Å²) in [4.78, 5) is 0. The molecule has 2 aliphatic carbocycles. The molecule has 4 saturated heterocycles.